The van der Waals surface area contributed by atoms with Gasteiger partial charge in [0.15, 0.2) is 0 Å². The third-order valence-electron chi connectivity index (χ3n) is 14.3. The molecule has 8 rings (SSSR count). The van der Waals surface area contributed by atoms with Crippen molar-refractivity contribution in [3.8, 4) is 28.1 Å². The number of phenols is 1. The van der Waals surface area contributed by atoms with Crippen LogP contribution in [0, 0.1) is 17.3 Å². The number of esters is 1. The molecule has 3 N–H and O–H groups in total. The van der Waals surface area contributed by atoms with E-state index < -0.39 is 29.5 Å². The zero-order valence-electron chi connectivity index (χ0n) is 40.1. The number of hydrogen-bond donors (Lipinski definition) is 3. The second kappa shape index (κ2) is 20.6. The van der Waals surface area contributed by atoms with Gasteiger partial charge in [0.05, 0.1) is 24.9 Å². The first-order chi connectivity index (χ1) is 31.7. The Bertz CT molecular complexity index is 2370. The second-order valence-electron chi connectivity index (χ2n) is 20.3. The van der Waals surface area contributed by atoms with E-state index in [-0.39, 0.29) is 36.5 Å². The van der Waals surface area contributed by atoms with Gasteiger partial charge in [-0.15, -0.1) is 0 Å². The summed E-state index contributed by atoms with van der Waals surface area (Å²) in [4.78, 5) is 52.7. The third-order valence-corrected chi connectivity index (χ3v) is 14.3. The van der Waals surface area contributed by atoms with Crippen LogP contribution in [-0.2, 0) is 54.6 Å². The number of nitrogens with one attached hydrogen (secondary N) is 2. The summed E-state index contributed by atoms with van der Waals surface area (Å²) in [6, 6.07) is 12.2. The number of carbonyl (C=O) groups excluding carboxylic acids is 3. The fourth-order valence-electron chi connectivity index (χ4n) is 11.1. The molecule has 0 spiro atoms. The number of fused-ring (bicyclic) bond motifs is 6. The number of rotatable bonds is 11. The number of carbonyl (C=O) groups is 3. The van der Waals surface area contributed by atoms with E-state index in [1.54, 1.807) is 25.4 Å². The van der Waals surface area contributed by atoms with Crippen molar-refractivity contribution in [1.29, 1.82) is 0 Å². The highest BCUT2D eigenvalue weighted by atomic mass is 16.5. The van der Waals surface area contributed by atoms with Crippen molar-refractivity contribution in [3.63, 3.8) is 0 Å². The summed E-state index contributed by atoms with van der Waals surface area (Å²) in [5.41, 5.74) is 10.3. The Labute approximate surface area is 390 Å². The van der Waals surface area contributed by atoms with Crippen LogP contribution in [0.15, 0.2) is 54.9 Å². The average molecular weight is 906 g/mol. The summed E-state index contributed by atoms with van der Waals surface area (Å²) in [6.07, 6.45) is 8.69. The van der Waals surface area contributed by atoms with Gasteiger partial charge in [0, 0.05) is 93.2 Å². The number of aromatic hydroxyl groups is 1. The van der Waals surface area contributed by atoms with Crippen molar-refractivity contribution in [2.24, 2.45) is 17.3 Å². The number of likely N-dealkylation sites (tertiary alicyclic amines) is 1. The summed E-state index contributed by atoms with van der Waals surface area (Å²) >= 11 is 0. The van der Waals surface area contributed by atoms with Crippen LogP contribution in [0.25, 0.3) is 33.3 Å². The highest BCUT2D eigenvalue weighted by molar-refractivity contribution is 5.95. The van der Waals surface area contributed by atoms with Crippen molar-refractivity contribution < 1.29 is 33.7 Å². The Morgan fingerprint density at radius 3 is 2.62 bits per heavy atom. The summed E-state index contributed by atoms with van der Waals surface area (Å²) in [6.45, 7) is 16.6. The Morgan fingerprint density at radius 2 is 1.86 bits per heavy atom. The second-order valence-corrected chi connectivity index (χ2v) is 20.3. The molecule has 356 valence electrons. The van der Waals surface area contributed by atoms with Crippen LogP contribution >= 0.6 is 0 Å². The molecular weight excluding hydrogens is 835 g/mol. The van der Waals surface area contributed by atoms with Crippen LogP contribution in [0.4, 0.5) is 0 Å². The lowest BCUT2D eigenvalue weighted by Crippen LogP contribution is -2.62. The van der Waals surface area contributed by atoms with Gasteiger partial charge in [-0.2, -0.15) is 0 Å². The quantitative estimate of drug-likeness (QED) is 0.145. The van der Waals surface area contributed by atoms with E-state index in [4.69, 9.17) is 14.2 Å². The molecule has 0 aliphatic carbocycles. The zero-order valence-corrected chi connectivity index (χ0v) is 40.1. The number of hydrogen-bond acceptors (Lipinski definition) is 11. The monoisotopic (exact) mass is 906 g/mol. The molecule has 4 atom stereocenters. The van der Waals surface area contributed by atoms with Crippen molar-refractivity contribution in [2.45, 2.75) is 117 Å². The molecule has 4 aliphatic heterocycles. The van der Waals surface area contributed by atoms with E-state index in [0.717, 1.165) is 96.5 Å². The number of phenolic OH excluding ortho intramolecular Hbond substituents is 1. The average Bonchev–Trinajstić information content (AvgIpc) is 3.89. The molecule has 4 aliphatic rings. The van der Waals surface area contributed by atoms with Crippen LogP contribution < -0.4 is 10.7 Å². The Balaban J connectivity index is 1.15. The van der Waals surface area contributed by atoms with Crippen molar-refractivity contribution in [3.05, 3.63) is 71.5 Å². The number of methoxy groups -OCH3 is 1. The minimum absolute atomic E-state index is 0.0335. The summed E-state index contributed by atoms with van der Waals surface area (Å²) < 4.78 is 19.7. The topological polar surface area (TPSA) is 151 Å². The molecule has 4 aromatic rings. The van der Waals surface area contributed by atoms with Crippen molar-refractivity contribution in [2.75, 3.05) is 60.2 Å². The van der Waals surface area contributed by atoms with E-state index in [0.29, 0.717) is 56.5 Å². The maximum Gasteiger partial charge on any atom is 0.324 e. The van der Waals surface area contributed by atoms with E-state index in [2.05, 4.69) is 82.9 Å². The van der Waals surface area contributed by atoms with E-state index in [1.165, 1.54) is 5.01 Å². The lowest BCUT2D eigenvalue weighted by molar-refractivity contribution is -0.155. The minimum Gasteiger partial charge on any atom is -0.508 e. The number of nitrogens with zero attached hydrogens (tertiary/aromatic N) is 5. The fraction of sp³-hybridized carbons (Fsp3) is 0.577. The number of likely N-dealkylation sites (N-methyl/N-ethyl adjacent to an activating group) is 1. The van der Waals surface area contributed by atoms with Gasteiger partial charge >= 0.3 is 5.97 Å². The van der Waals surface area contributed by atoms with Gasteiger partial charge in [0.2, 0.25) is 5.91 Å². The molecule has 3 saturated heterocycles. The number of ether oxygens (including phenoxy) is 3. The van der Waals surface area contributed by atoms with Gasteiger partial charge in [-0.1, -0.05) is 39.8 Å². The Kier molecular flexibility index (Phi) is 14.8. The van der Waals surface area contributed by atoms with Gasteiger partial charge in [-0.05, 0) is 129 Å². The molecule has 14 nitrogen and oxygen atoms in total. The molecule has 1 unspecified atom stereocenters. The third kappa shape index (κ3) is 10.5. The van der Waals surface area contributed by atoms with Crippen LogP contribution in [-0.4, -0.2) is 132 Å². The van der Waals surface area contributed by atoms with Gasteiger partial charge in [0.25, 0.3) is 5.91 Å². The van der Waals surface area contributed by atoms with Crippen LogP contribution in [0.1, 0.15) is 83.4 Å². The van der Waals surface area contributed by atoms with Gasteiger partial charge in [0.1, 0.15) is 17.8 Å². The molecule has 0 saturated carbocycles. The standard InChI is InChI=1S/C52H71N7O7/c1-8-58-46-12-11-36-26-41(46)42(48(58)43-28-53-17-13-37(43)31-64-7)27-52(4,5)32-66-51(63)44-10-9-18-59(55-44)50(62)45(24-35-22-38(36)25-40(60)23-35)54-49(61)47(33(2)3)56(6)29-34-14-19-57(30-34)39-15-20-65-21-16-39/h11-13,17,22-23,25-26,28,33-34,39,44-45,47,55,60H,8-10,14-16,18-21,24,27,29-32H2,1-7H3,(H,54,61)/t34-,44+,45?,47+/m1/s1. The summed E-state index contributed by atoms with van der Waals surface area (Å²) in [5, 5.41) is 17.1. The highest BCUT2D eigenvalue weighted by Gasteiger charge is 2.38. The maximum absolute atomic E-state index is 14.8. The molecule has 0 radical (unpaired) electrons. The number of aromatic nitrogens is 2. The van der Waals surface area contributed by atoms with Gasteiger partial charge < -0.3 is 29.2 Å². The maximum atomic E-state index is 14.8. The Morgan fingerprint density at radius 1 is 1.06 bits per heavy atom. The smallest absolute Gasteiger partial charge is 0.324 e. The first-order valence-corrected chi connectivity index (χ1v) is 24.2. The lowest BCUT2D eigenvalue weighted by Gasteiger charge is -2.37. The normalized spacial score (nSPS) is 22.7. The van der Waals surface area contributed by atoms with Crippen LogP contribution in [0.2, 0.25) is 0 Å². The predicted molar refractivity (Wildman–Crippen MR) is 255 cm³/mol. The molecule has 6 heterocycles. The zero-order chi connectivity index (χ0) is 46.7. The number of pyridine rings is 1. The van der Waals surface area contributed by atoms with Crippen LogP contribution in [0.5, 0.6) is 5.75 Å². The molecule has 3 fully saturated rings. The molecule has 2 aromatic carbocycles. The minimum atomic E-state index is -0.992. The number of amides is 2. The van der Waals surface area contributed by atoms with Gasteiger partial charge in [-0.3, -0.25) is 34.2 Å². The fourth-order valence-corrected chi connectivity index (χ4v) is 11.1. The molecule has 14 heteroatoms. The first kappa shape index (κ1) is 47.6. The van der Waals surface area contributed by atoms with Gasteiger partial charge in [-0.25, -0.2) is 5.43 Å². The summed E-state index contributed by atoms with van der Waals surface area (Å²) in [7, 11) is 3.72. The number of cyclic esters (lactones) is 1. The molecule has 2 aromatic heterocycles. The molecular formula is C52H71N7O7. The number of aryl methyl sites for hydroxylation is 1. The molecule has 6 bridgehead atoms. The van der Waals surface area contributed by atoms with Crippen LogP contribution in [0.3, 0.4) is 0 Å². The predicted octanol–water partition coefficient (Wildman–Crippen LogP) is 6.35. The van der Waals surface area contributed by atoms with Crippen molar-refractivity contribution in [1.82, 2.24) is 35.1 Å². The van der Waals surface area contributed by atoms with E-state index in [9.17, 15) is 19.5 Å². The number of benzene rings is 2. The molecule has 66 heavy (non-hydrogen) atoms. The number of hydrazine groups is 1. The highest BCUT2D eigenvalue weighted by Crippen LogP contribution is 2.41. The Hall–Kier alpha value is -4.86. The van der Waals surface area contributed by atoms with E-state index in [1.807, 2.05) is 25.4 Å². The molecule has 2 amide bonds. The summed E-state index contributed by atoms with van der Waals surface area (Å²) in [5.74, 6) is -0.526. The van der Waals surface area contributed by atoms with E-state index >= 15 is 0 Å². The first-order valence-electron chi connectivity index (χ1n) is 24.2. The SMILES string of the molecule is CCn1c(-c2cnccc2COC)c2c3cc(ccc31)-c1cc(O)cc(c1)CC(NC(=O)[C@H](C(C)C)N(C)C[C@H]1CCN(C3CCOCC3)C1)C(=O)N1CCC[C@H](N1)C(=O)OCC(C)(C)C2. The van der Waals surface area contributed by atoms with Crippen molar-refractivity contribution >= 4 is 28.7 Å². The lowest BCUT2D eigenvalue weighted by atomic mass is 9.84. The largest absolute Gasteiger partial charge is 0.508 e.